The van der Waals surface area contributed by atoms with Crippen LogP contribution < -0.4 is 11.2 Å². The van der Waals surface area contributed by atoms with Crippen molar-refractivity contribution in [2.24, 2.45) is 0 Å². The molecule has 0 unspecified atom stereocenters. The Balaban J connectivity index is 2.08. The molecule has 2 aromatic heterocycles. The zero-order chi connectivity index (χ0) is 20.9. The highest BCUT2D eigenvalue weighted by Crippen LogP contribution is 2.40. The van der Waals surface area contributed by atoms with E-state index in [1.54, 1.807) is 13.1 Å². The first-order valence-electron chi connectivity index (χ1n) is 9.14. The molecule has 1 aromatic carbocycles. The van der Waals surface area contributed by atoms with Gasteiger partial charge in [-0.2, -0.15) is 5.26 Å². The van der Waals surface area contributed by atoms with Crippen molar-refractivity contribution in [3.05, 3.63) is 63.8 Å². The Kier molecular flexibility index (Phi) is 4.35. The largest absolute Gasteiger partial charge is 0.497 e. The Morgan fingerprint density at radius 3 is 2.79 bits per heavy atom. The zero-order valence-electron chi connectivity index (χ0n) is 16.1. The van der Waals surface area contributed by atoms with Gasteiger partial charge in [0, 0.05) is 34.9 Å². The van der Waals surface area contributed by atoms with E-state index in [1.165, 1.54) is 25.4 Å². The maximum atomic E-state index is 15.2. The average molecular weight is 390 g/mol. The predicted octanol–water partition coefficient (Wildman–Crippen LogP) is 3.92. The number of anilines is 1. The van der Waals surface area contributed by atoms with E-state index in [1.807, 2.05) is 10.6 Å². The van der Waals surface area contributed by atoms with Gasteiger partial charge in [-0.25, -0.2) is 9.37 Å². The molecule has 1 aliphatic rings. The second-order valence-corrected chi connectivity index (χ2v) is 7.16. The quantitative estimate of drug-likeness (QED) is 0.682. The number of halogens is 1. The maximum Gasteiger partial charge on any atom is 0.200 e. The van der Waals surface area contributed by atoms with Gasteiger partial charge >= 0.3 is 0 Å². The summed E-state index contributed by atoms with van der Waals surface area (Å²) in [6.45, 7) is 5.56. The van der Waals surface area contributed by atoms with Crippen molar-refractivity contribution in [2.45, 2.75) is 25.8 Å². The molecule has 0 saturated heterocycles. The molecule has 29 heavy (non-hydrogen) atoms. The molecule has 1 fully saturated rings. The summed E-state index contributed by atoms with van der Waals surface area (Å²) in [6, 6.07) is 4.96. The molecule has 0 amide bonds. The number of hydrogen-bond acceptors (Lipinski definition) is 5. The lowest BCUT2D eigenvalue weighted by atomic mass is 9.96. The van der Waals surface area contributed by atoms with Gasteiger partial charge in [0.15, 0.2) is 5.43 Å². The first-order valence-corrected chi connectivity index (χ1v) is 9.14. The lowest BCUT2D eigenvalue weighted by Gasteiger charge is -2.18. The minimum Gasteiger partial charge on any atom is -0.497 e. The summed E-state index contributed by atoms with van der Waals surface area (Å²) in [5, 5.41) is 9.51. The number of rotatable bonds is 4. The van der Waals surface area contributed by atoms with Gasteiger partial charge in [-0.3, -0.25) is 4.79 Å². The van der Waals surface area contributed by atoms with Gasteiger partial charge in [-0.1, -0.05) is 6.58 Å². The molecule has 0 spiro atoms. The molecule has 7 heteroatoms. The van der Waals surface area contributed by atoms with Crippen LogP contribution in [-0.2, 0) is 4.74 Å². The molecule has 0 radical (unpaired) electrons. The number of nitriles is 1. The second kappa shape index (κ2) is 6.74. The van der Waals surface area contributed by atoms with Gasteiger partial charge in [-0.05, 0) is 37.5 Å². The Bertz CT molecular complexity index is 1280. The summed E-state index contributed by atoms with van der Waals surface area (Å²) in [6.07, 6.45) is 5.13. The second-order valence-electron chi connectivity index (χ2n) is 7.16. The number of nitrogens with zero attached hydrogens (tertiary/aromatic N) is 3. The van der Waals surface area contributed by atoms with E-state index in [-0.39, 0.29) is 34.0 Å². The van der Waals surface area contributed by atoms with Crippen molar-refractivity contribution >= 4 is 22.5 Å². The van der Waals surface area contributed by atoms with Gasteiger partial charge in [0.2, 0.25) is 0 Å². The van der Waals surface area contributed by atoms with E-state index in [9.17, 15) is 10.1 Å². The van der Waals surface area contributed by atoms with Crippen molar-refractivity contribution in [3.63, 3.8) is 0 Å². The van der Waals surface area contributed by atoms with Crippen molar-refractivity contribution in [2.75, 3.05) is 12.8 Å². The number of aryl methyl sites for hydroxylation is 1. The number of hydrogen-bond donors (Lipinski definition) is 1. The van der Waals surface area contributed by atoms with Gasteiger partial charge < -0.3 is 15.0 Å². The normalized spacial score (nSPS) is 13.3. The minimum atomic E-state index is -0.565. The van der Waals surface area contributed by atoms with Crippen molar-refractivity contribution in [3.8, 4) is 17.2 Å². The fraction of sp³-hybridized carbons (Fsp3) is 0.227. The molecule has 2 heterocycles. The Hall–Kier alpha value is -3.66. The highest BCUT2D eigenvalue weighted by molar-refractivity contribution is 5.91. The monoisotopic (exact) mass is 390 g/mol. The fourth-order valence-corrected chi connectivity index (χ4v) is 3.69. The third-order valence-electron chi connectivity index (χ3n) is 5.33. The standard InChI is InChI=1S/C22H19FN4O2/c1-11-19(14-6-13(8-24)22(25)26-9-14)18(23)7-16-20(11)27(15-4-5-15)10-17(21(16)28)12(2)29-3/h6-7,9-10,15H,2,4-5H2,1,3H3,(H2,25,26). The molecule has 0 atom stereocenters. The molecule has 146 valence electrons. The number of fused-ring (bicyclic) bond motifs is 1. The van der Waals surface area contributed by atoms with Crippen LogP contribution in [0.15, 0.2) is 35.9 Å². The Morgan fingerprint density at radius 2 is 2.17 bits per heavy atom. The van der Waals surface area contributed by atoms with E-state index >= 15 is 4.39 Å². The van der Waals surface area contributed by atoms with Crippen LogP contribution in [0, 0.1) is 24.1 Å². The highest BCUT2D eigenvalue weighted by Gasteiger charge is 2.28. The highest BCUT2D eigenvalue weighted by atomic mass is 19.1. The van der Waals surface area contributed by atoms with Crippen LogP contribution >= 0.6 is 0 Å². The van der Waals surface area contributed by atoms with Crippen molar-refractivity contribution < 1.29 is 9.13 Å². The number of aromatic nitrogens is 2. The lowest BCUT2D eigenvalue weighted by Crippen LogP contribution is -2.16. The minimum absolute atomic E-state index is 0.0905. The summed E-state index contributed by atoms with van der Waals surface area (Å²) >= 11 is 0. The van der Waals surface area contributed by atoms with E-state index in [4.69, 9.17) is 10.5 Å². The number of methoxy groups -OCH3 is 1. The Labute approximate surface area is 166 Å². The van der Waals surface area contributed by atoms with Crippen LogP contribution in [-0.4, -0.2) is 16.7 Å². The SMILES string of the molecule is C=C(OC)c1cn(C2CC2)c2c(C)c(-c3cnc(N)c(C#N)c3)c(F)cc2c1=O. The topological polar surface area (TPSA) is 93.9 Å². The van der Waals surface area contributed by atoms with Crippen LogP contribution in [0.3, 0.4) is 0 Å². The summed E-state index contributed by atoms with van der Waals surface area (Å²) in [4.78, 5) is 17.0. The molecule has 0 bridgehead atoms. The molecule has 0 aliphatic heterocycles. The van der Waals surface area contributed by atoms with E-state index in [0.717, 1.165) is 12.8 Å². The van der Waals surface area contributed by atoms with Gasteiger partial charge in [0.05, 0.1) is 23.8 Å². The summed E-state index contributed by atoms with van der Waals surface area (Å²) in [7, 11) is 1.45. The fourth-order valence-electron chi connectivity index (χ4n) is 3.69. The van der Waals surface area contributed by atoms with Gasteiger partial charge in [0.25, 0.3) is 0 Å². The number of ether oxygens (including phenoxy) is 1. The van der Waals surface area contributed by atoms with Gasteiger partial charge in [0.1, 0.15) is 23.5 Å². The molecule has 3 aromatic rings. The van der Waals surface area contributed by atoms with Crippen LogP contribution in [0.2, 0.25) is 0 Å². The molecule has 4 rings (SSSR count). The molecule has 6 nitrogen and oxygen atoms in total. The molecule has 2 N–H and O–H groups in total. The van der Waals surface area contributed by atoms with Gasteiger partial charge in [-0.15, -0.1) is 0 Å². The number of pyridine rings is 2. The van der Waals surface area contributed by atoms with E-state index < -0.39 is 5.82 Å². The third kappa shape index (κ3) is 2.93. The smallest absolute Gasteiger partial charge is 0.200 e. The molecule has 1 aliphatic carbocycles. The van der Waals surface area contributed by atoms with Crippen LogP contribution in [0.5, 0.6) is 0 Å². The summed E-state index contributed by atoms with van der Waals surface area (Å²) in [5.74, 6) is -0.229. The molecular formula is C22H19FN4O2. The third-order valence-corrected chi connectivity index (χ3v) is 5.33. The summed E-state index contributed by atoms with van der Waals surface area (Å²) < 4.78 is 22.4. The summed E-state index contributed by atoms with van der Waals surface area (Å²) in [5.41, 5.74) is 7.87. The molecular weight excluding hydrogens is 371 g/mol. The first kappa shape index (κ1) is 18.7. The maximum absolute atomic E-state index is 15.2. The number of nitrogens with two attached hydrogens (primary N) is 1. The first-order chi connectivity index (χ1) is 13.9. The number of benzene rings is 1. The molecule has 1 saturated carbocycles. The average Bonchev–Trinajstić information content (AvgIpc) is 3.54. The van der Waals surface area contributed by atoms with Crippen LogP contribution in [0.1, 0.15) is 35.6 Å². The van der Waals surface area contributed by atoms with Crippen LogP contribution in [0.4, 0.5) is 10.2 Å². The van der Waals surface area contributed by atoms with E-state index in [2.05, 4.69) is 11.6 Å². The zero-order valence-corrected chi connectivity index (χ0v) is 16.1. The lowest BCUT2D eigenvalue weighted by molar-refractivity contribution is 0.370. The Morgan fingerprint density at radius 1 is 1.45 bits per heavy atom. The van der Waals surface area contributed by atoms with Crippen molar-refractivity contribution in [1.82, 2.24) is 9.55 Å². The number of nitrogen functional groups attached to an aromatic ring is 1. The van der Waals surface area contributed by atoms with E-state index in [0.29, 0.717) is 27.8 Å². The van der Waals surface area contributed by atoms with Crippen molar-refractivity contribution in [1.29, 1.82) is 5.26 Å². The predicted molar refractivity (Wildman–Crippen MR) is 110 cm³/mol. The van der Waals surface area contributed by atoms with Crippen LogP contribution in [0.25, 0.3) is 27.8 Å².